The smallest absolute Gasteiger partial charge is 0.144 e. The maximum absolute atomic E-state index is 13.8. The molecule has 0 N–H and O–H groups in total. The average molecular weight is 301 g/mol. The van der Waals surface area contributed by atoms with E-state index in [1.54, 1.807) is 18.5 Å². The van der Waals surface area contributed by atoms with Gasteiger partial charge in [-0.05, 0) is 30.2 Å². The van der Waals surface area contributed by atoms with Crippen molar-refractivity contribution in [2.45, 2.75) is 6.42 Å². The Labute approximate surface area is 125 Å². The van der Waals surface area contributed by atoms with Crippen molar-refractivity contribution in [2.75, 3.05) is 11.4 Å². The molecule has 3 aromatic rings. The van der Waals surface area contributed by atoms with Gasteiger partial charge in [0, 0.05) is 23.8 Å². The fourth-order valence-electron chi connectivity index (χ4n) is 2.71. The molecule has 1 aromatic carbocycles. The van der Waals surface area contributed by atoms with Crippen LogP contribution in [0.5, 0.6) is 0 Å². The van der Waals surface area contributed by atoms with Crippen molar-refractivity contribution >= 4 is 34.0 Å². The number of hydrogen-bond acceptors (Lipinski definition) is 4. The maximum Gasteiger partial charge on any atom is 0.144 e. The minimum absolute atomic E-state index is 0.160. The molecule has 0 aliphatic carbocycles. The number of benzene rings is 1. The molecule has 4 nitrogen and oxygen atoms in total. The highest BCUT2D eigenvalue weighted by Crippen LogP contribution is 2.38. The topological polar surface area (TPSA) is 41.9 Å². The molecule has 0 saturated heterocycles. The minimum Gasteiger partial charge on any atom is -0.325 e. The molecule has 0 unspecified atom stereocenters. The summed E-state index contributed by atoms with van der Waals surface area (Å²) in [6.45, 7) is 0.740. The number of rotatable bonds is 1. The van der Waals surface area contributed by atoms with Crippen LogP contribution in [0.1, 0.15) is 5.56 Å². The van der Waals surface area contributed by atoms with Gasteiger partial charge in [0.05, 0.1) is 16.7 Å². The van der Waals surface area contributed by atoms with Crippen LogP contribution < -0.4 is 4.90 Å². The Balaban J connectivity index is 1.91. The van der Waals surface area contributed by atoms with E-state index in [0.29, 0.717) is 0 Å². The summed E-state index contributed by atoms with van der Waals surface area (Å²) in [6, 6.07) is 5.03. The van der Waals surface area contributed by atoms with Crippen LogP contribution in [0.4, 0.5) is 15.9 Å². The molecule has 4 rings (SSSR count). The number of pyridine rings is 1. The Morgan fingerprint density at radius 2 is 2.14 bits per heavy atom. The molecular weight excluding hydrogens is 291 g/mol. The summed E-state index contributed by atoms with van der Waals surface area (Å²) >= 11 is 5.85. The number of halogens is 2. The first kappa shape index (κ1) is 12.5. The van der Waals surface area contributed by atoms with Crippen molar-refractivity contribution in [2.24, 2.45) is 0 Å². The van der Waals surface area contributed by atoms with Crippen molar-refractivity contribution in [3.05, 3.63) is 53.3 Å². The molecular formula is C15H10ClFN4. The Kier molecular flexibility index (Phi) is 2.75. The first-order valence-corrected chi connectivity index (χ1v) is 6.92. The van der Waals surface area contributed by atoms with E-state index < -0.39 is 5.82 Å². The van der Waals surface area contributed by atoms with Crippen LogP contribution in [0.25, 0.3) is 10.9 Å². The maximum atomic E-state index is 13.8. The second kappa shape index (κ2) is 4.63. The van der Waals surface area contributed by atoms with E-state index in [1.165, 1.54) is 12.4 Å². The van der Waals surface area contributed by atoms with Crippen LogP contribution in [0, 0.1) is 5.82 Å². The van der Waals surface area contributed by atoms with E-state index in [4.69, 9.17) is 11.6 Å². The molecule has 6 heteroatoms. The van der Waals surface area contributed by atoms with Crippen molar-refractivity contribution in [1.29, 1.82) is 0 Å². The SMILES string of the molecule is Fc1cc2c(cc1Cl)CCN2c1ncnc2cnccc12. The Morgan fingerprint density at radius 1 is 1.24 bits per heavy atom. The molecule has 1 aliphatic rings. The van der Waals surface area contributed by atoms with Crippen LogP contribution in [0.2, 0.25) is 5.02 Å². The highest BCUT2D eigenvalue weighted by Gasteiger charge is 2.24. The number of aromatic nitrogens is 3. The highest BCUT2D eigenvalue weighted by atomic mass is 35.5. The third kappa shape index (κ3) is 1.93. The van der Waals surface area contributed by atoms with E-state index in [9.17, 15) is 4.39 Å². The zero-order valence-electron chi connectivity index (χ0n) is 10.9. The molecule has 21 heavy (non-hydrogen) atoms. The summed E-state index contributed by atoms with van der Waals surface area (Å²) in [5.74, 6) is 0.352. The third-order valence-corrected chi connectivity index (χ3v) is 3.98. The number of fused-ring (bicyclic) bond motifs is 2. The van der Waals surface area contributed by atoms with Crippen LogP contribution in [0.3, 0.4) is 0 Å². The van der Waals surface area contributed by atoms with Crippen LogP contribution in [0.15, 0.2) is 36.9 Å². The van der Waals surface area contributed by atoms with Crippen LogP contribution in [-0.2, 0) is 6.42 Å². The Bertz CT molecular complexity index is 847. The lowest BCUT2D eigenvalue weighted by atomic mass is 10.1. The van der Waals surface area contributed by atoms with E-state index in [-0.39, 0.29) is 5.02 Å². The van der Waals surface area contributed by atoms with Gasteiger partial charge in [0.1, 0.15) is 18.0 Å². The fraction of sp³-hybridized carbons (Fsp3) is 0.133. The Morgan fingerprint density at radius 3 is 3.05 bits per heavy atom. The largest absolute Gasteiger partial charge is 0.325 e. The van der Waals surface area contributed by atoms with E-state index in [1.807, 2.05) is 11.0 Å². The normalized spacial score (nSPS) is 13.7. The molecule has 0 spiro atoms. The molecule has 0 radical (unpaired) electrons. The predicted octanol–water partition coefficient (Wildman–Crippen LogP) is 3.51. The van der Waals surface area contributed by atoms with Gasteiger partial charge in [-0.1, -0.05) is 11.6 Å². The lowest BCUT2D eigenvalue weighted by molar-refractivity contribution is 0.628. The molecule has 104 valence electrons. The van der Waals surface area contributed by atoms with Gasteiger partial charge < -0.3 is 4.90 Å². The zero-order chi connectivity index (χ0) is 14.4. The fourth-order valence-corrected chi connectivity index (χ4v) is 2.90. The van der Waals surface area contributed by atoms with Crippen LogP contribution in [-0.4, -0.2) is 21.5 Å². The summed E-state index contributed by atoms with van der Waals surface area (Å²) in [6.07, 6.45) is 5.71. The second-order valence-corrected chi connectivity index (χ2v) is 5.29. The average Bonchev–Trinajstić information content (AvgIpc) is 2.90. The van der Waals surface area contributed by atoms with Gasteiger partial charge in [0.2, 0.25) is 0 Å². The monoisotopic (exact) mass is 300 g/mol. The first-order chi connectivity index (χ1) is 10.2. The minimum atomic E-state index is -0.414. The van der Waals surface area contributed by atoms with Crippen molar-refractivity contribution in [1.82, 2.24) is 15.0 Å². The summed E-state index contributed by atoms with van der Waals surface area (Å²) in [4.78, 5) is 14.6. The molecule has 3 heterocycles. The molecule has 2 aromatic heterocycles. The standard InChI is InChI=1S/C15H10ClFN4/c16-11-5-9-2-4-21(14(9)6-12(11)17)15-10-1-3-18-7-13(10)19-8-20-15/h1,3,5-8H,2,4H2. The third-order valence-electron chi connectivity index (χ3n) is 3.69. The first-order valence-electron chi connectivity index (χ1n) is 6.54. The van der Waals surface area contributed by atoms with Gasteiger partial charge in [-0.25, -0.2) is 14.4 Å². The van der Waals surface area contributed by atoms with Gasteiger partial charge >= 0.3 is 0 Å². The van der Waals surface area contributed by atoms with Crippen LogP contribution >= 0.6 is 11.6 Å². The molecule has 0 saturated carbocycles. The van der Waals surface area contributed by atoms with Crippen molar-refractivity contribution in [3.8, 4) is 0 Å². The van der Waals surface area contributed by atoms with Gasteiger partial charge in [-0.2, -0.15) is 0 Å². The van der Waals surface area contributed by atoms with Gasteiger partial charge in [-0.3, -0.25) is 4.98 Å². The molecule has 0 bridgehead atoms. The Hall–Kier alpha value is -2.27. The zero-order valence-corrected chi connectivity index (χ0v) is 11.7. The van der Waals surface area contributed by atoms with E-state index in [2.05, 4.69) is 15.0 Å². The van der Waals surface area contributed by atoms with E-state index in [0.717, 1.165) is 40.9 Å². The van der Waals surface area contributed by atoms with E-state index >= 15 is 0 Å². The number of hydrogen-bond donors (Lipinski definition) is 0. The summed E-state index contributed by atoms with van der Waals surface area (Å²) < 4.78 is 13.8. The molecule has 0 atom stereocenters. The summed E-state index contributed by atoms with van der Waals surface area (Å²) in [5, 5.41) is 1.06. The van der Waals surface area contributed by atoms with Gasteiger partial charge in [-0.15, -0.1) is 0 Å². The summed E-state index contributed by atoms with van der Waals surface area (Å²) in [7, 11) is 0. The summed E-state index contributed by atoms with van der Waals surface area (Å²) in [5.41, 5.74) is 2.61. The lowest BCUT2D eigenvalue weighted by Gasteiger charge is -2.19. The van der Waals surface area contributed by atoms with Gasteiger partial charge in [0.15, 0.2) is 0 Å². The quantitative estimate of drug-likeness (QED) is 0.689. The highest BCUT2D eigenvalue weighted by molar-refractivity contribution is 6.30. The van der Waals surface area contributed by atoms with Crippen molar-refractivity contribution in [3.63, 3.8) is 0 Å². The second-order valence-electron chi connectivity index (χ2n) is 4.89. The molecule has 0 amide bonds. The lowest BCUT2D eigenvalue weighted by Crippen LogP contribution is -2.15. The number of nitrogens with zero attached hydrogens (tertiary/aromatic N) is 4. The predicted molar refractivity (Wildman–Crippen MR) is 79.5 cm³/mol. The molecule has 0 fully saturated rings. The van der Waals surface area contributed by atoms with Gasteiger partial charge in [0.25, 0.3) is 0 Å². The molecule has 1 aliphatic heterocycles. The number of anilines is 2. The van der Waals surface area contributed by atoms with Crippen molar-refractivity contribution < 1.29 is 4.39 Å².